The normalized spacial score (nSPS) is 11.7. The molecule has 0 aromatic carbocycles. The van der Waals surface area contributed by atoms with E-state index in [4.69, 9.17) is 0 Å². The fourth-order valence-electron chi connectivity index (χ4n) is 1.42. The minimum atomic E-state index is 0.433. The lowest BCUT2D eigenvalue weighted by molar-refractivity contribution is 0.802. The van der Waals surface area contributed by atoms with E-state index in [0.717, 1.165) is 20.7 Å². The van der Waals surface area contributed by atoms with Crippen molar-refractivity contribution in [3.05, 3.63) is 22.5 Å². The molecule has 16 heavy (non-hydrogen) atoms. The first-order valence-electron chi connectivity index (χ1n) is 5.01. The van der Waals surface area contributed by atoms with E-state index in [1.807, 2.05) is 22.0 Å². The zero-order valence-corrected chi connectivity index (χ0v) is 10.5. The van der Waals surface area contributed by atoms with Gasteiger partial charge in [-0.05, 0) is 11.4 Å². The fourth-order valence-corrected chi connectivity index (χ4v) is 2.96. The number of thiophene rings is 1. The van der Waals surface area contributed by atoms with Gasteiger partial charge in [0.15, 0.2) is 5.82 Å². The van der Waals surface area contributed by atoms with E-state index < -0.39 is 0 Å². The number of fused-ring (bicyclic) bond motifs is 1. The quantitative estimate of drug-likeness (QED) is 0.702. The van der Waals surface area contributed by atoms with Crippen LogP contribution in [0.25, 0.3) is 15.7 Å². The second kappa shape index (κ2) is 3.64. The average molecular weight is 250 g/mol. The van der Waals surface area contributed by atoms with Crippen LogP contribution in [-0.4, -0.2) is 19.8 Å². The first-order valence-corrected chi connectivity index (χ1v) is 6.71. The molecule has 0 saturated carbocycles. The van der Waals surface area contributed by atoms with Crippen molar-refractivity contribution in [1.29, 1.82) is 0 Å². The second-order valence-electron chi connectivity index (χ2n) is 3.79. The molecule has 0 N–H and O–H groups in total. The molecule has 0 amide bonds. The molecular formula is C10H10N4S2. The number of hydrogen-bond acceptors (Lipinski definition) is 5. The van der Waals surface area contributed by atoms with Crippen LogP contribution in [0.15, 0.2) is 17.5 Å². The molecule has 3 aromatic rings. The highest BCUT2D eigenvalue weighted by Crippen LogP contribution is 2.27. The van der Waals surface area contributed by atoms with E-state index in [1.54, 1.807) is 22.7 Å². The second-order valence-corrected chi connectivity index (χ2v) is 5.73. The van der Waals surface area contributed by atoms with Crippen molar-refractivity contribution >= 4 is 27.6 Å². The summed E-state index contributed by atoms with van der Waals surface area (Å²) in [6, 6.07) is 4.05. The molecule has 0 bridgehead atoms. The highest BCUT2D eigenvalue weighted by atomic mass is 32.1. The molecule has 0 aliphatic carbocycles. The first kappa shape index (κ1) is 9.92. The molecule has 0 atom stereocenters. The van der Waals surface area contributed by atoms with Gasteiger partial charge in [0.25, 0.3) is 0 Å². The molecule has 0 aliphatic heterocycles. The van der Waals surface area contributed by atoms with Crippen molar-refractivity contribution < 1.29 is 0 Å². The number of nitrogens with zero attached hydrogens (tertiary/aromatic N) is 4. The van der Waals surface area contributed by atoms with Gasteiger partial charge in [0.2, 0.25) is 4.96 Å². The Labute approximate surface area is 101 Å². The number of hydrogen-bond donors (Lipinski definition) is 0. The molecule has 0 saturated heterocycles. The summed E-state index contributed by atoms with van der Waals surface area (Å²) in [5.74, 6) is 1.27. The predicted octanol–water partition coefficient (Wildman–Crippen LogP) is 3.04. The van der Waals surface area contributed by atoms with Gasteiger partial charge in [-0.3, -0.25) is 0 Å². The van der Waals surface area contributed by atoms with Crippen molar-refractivity contribution in [3.8, 4) is 10.7 Å². The summed E-state index contributed by atoms with van der Waals surface area (Å²) in [5, 5.41) is 16.0. The summed E-state index contributed by atoms with van der Waals surface area (Å²) >= 11 is 3.26. The maximum absolute atomic E-state index is 4.54. The van der Waals surface area contributed by atoms with E-state index in [1.165, 1.54) is 0 Å². The van der Waals surface area contributed by atoms with E-state index in [9.17, 15) is 0 Å². The molecule has 0 fully saturated rings. The van der Waals surface area contributed by atoms with Crippen LogP contribution in [0.1, 0.15) is 24.8 Å². The molecular weight excluding hydrogens is 240 g/mol. The van der Waals surface area contributed by atoms with Crippen LogP contribution in [0.2, 0.25) is 0 Å². The van der Waals surface area contributed by atoms with Crippen LogP contribution in [0.4, 0.5) is 0 Å². The SMILES string of the molecule is CC(C)c1nn2c(-c3cccs3)nnc2s1. The monoisotopic (exact) mass is 250 g/mol. The van der Waals surface area contributed by atoms with E-state index in [-0.39, 0.29) is 0 Å². The molecule has 3 heterocycles. The lowest BCUT2D eigenvalue weighted by Gasteiger charge is -1.95. The molecule has 6 heteroatoms. The first-order chi connectivity index (χ1) is 7.75. The molecule has 3 aromatic heterocycles. The summed E-state index contributed by atoms with van der Waals surface area (Å²) in [5.41, 5.74) is 0. The Kier molecular flexibility index (Phi) is 2.26. The minimum absolute atomic E-state index is 0.433. The Balaban J connectivity index is 2.19. The zero-order valence-electron chi connectivity index (χ0n) is 8.91. The summed E-state index contributed by atoms with van der Waals surface area (Å²) in [6.07, 6.45) is 0. The van der Waals surface area contributed by atoms with Crippen LogP contribution < -0.4 is 0 Å². The third kappa shape index (κ3) is 1.45. The van der Waals surface area contributed by atoms with E-state index >= 15 is 0 Å². The van der Waals surface area contributed by atoms with Crippen molar-refractivity contribution in [1.82, 2.24) is 19.8 Å². The van der Waals surface area contributed by atoms with Crippen molar-refractivity contribution in [2.75, 3.05) is 0 Å². The van der Waals surface area contributed by atoms with Crippen molar-refractivity contribution in [2.45, 2.75) is 19.8 Å². The Morgan fingerprint density at radius 2 is 2.19 bits per heavy atom. The third-order valence-corrected chi connectivity index (χ3v) is 4.31. The summed E-state index contributed by atoms with van der Waals surface area (Å²) in [4.78, 5) is 1.97. The van der Waals surface area contributed by atoms with Crippen LogP contribution in [0.3, 0.4) is 0 Å². The standard InChI is InChI=1S/C10H10N4S2/c1-6(2)9-13-14-8(7-4-3-5-15-7)11-12-10(14)16-9/h3-6H,1-2H3. The van der Waals surface area contributed by atoms with Crippen LogP contribution in [0.5, 0.6) is 0 Å². The van der Waals surface area contributed by atoms with Crippen LogP contribution in [-0.2, 0) is 0 Å². The minimum Gasteiger partial charge on any atom is -0.182 e. The molecule has 4 nitrogen and oxygen atoms in total. The molecule has 0 aliphatic rings. The topological polar surface area (TPSA) is 43.1 Å². The smallest absolute Gasteiger partial charge is 0.182 e. The number of aromatic nitrogens is 4. The van der Waals surface area contributed by atoms with Gasteiger partial charge in [-0.1, -0.05) is 31.3 Å². The zero-order chi connectivity index (χ0) is 11.1. The largest absolute Gasteiger partial charge is 0.235 e. The Morgan fingerprint density at radius 1 is 1.31 bits per heavy atom. The Bertz CT molecular complexity index is 606. The number of rotatable bonds is 2. The third-order valence-electron chi connectivity index (χ3n) is 2.24. The van der Waals surface area contributed by atoms with Gasteiger partial charge in [0.05, 0.1) is 4.88 Å². The lowest BCUT2D eigenvalue weighted by atomic mass is 10.2. The average Bonchev–Trinajstić information content (AvgIpc) is 2.92. The van der Waals surface area contributed by atoms with Gasteiger partial charge >= 0.3 is 0 Å². The van der Waals surface area contributed by atoms with E-state index in [0.29, 0.717) is 5.92 Å². The molecule has 0 spiro atoms. The molecule has 0 radical (unpaired) electrons. The van der Waals surface area contributed by atoms with Crippen molar-refractivity contribution in [2.24, 2.45) is 0 Å². The molecule has 82 valence electrons. The Hall–Kier alpha value is -1.27. The fraction of sp³-hybridized carbons (Fsp3) is 0.300. The summed E-state index contributed by atoms with van der Waals surface area (Å²) < 4.78 is 1.84. The summed E-state index contributed by atoms with van der Waals surface area (Å²) in [6.45, 7) is 4.27. The highest BCUT2D eigenvalue weighted by molar-refractivity contribution is 7.16. The Morgan fingerprint density at radius 3 is 2.88 bits per heavy atom. The van der Waals surface area contributed by atoms with Gasteiger partial charge in [-0.25, -0.2) is 0 Å². The molecule has 0 unspecified atom stereocenters. The van der Waals surface area contributed by atoms with Gasteiger partial charge in [-0.2, -0.15) is 9.61 Å². The van der Waals surface area contributed by atoms with Crippen LogP contribution in [0, 0.1) is 0 Å². The highest BCUT2D eigenvalue weighted by Gasteiger charge is 2.15. The maximum Gasteiger partial charge on any atom is 0.235 e. The lowest BCUT2D eigenvalue weighted by Crippen LogP contribution is -1.92. The van der Waals surface area contributed by atoms with Gasteiger partial charge < -0.3 is 0 Å². The van der Waals surface area contributed by atoms with Gasteiger partial charge in [0.1, 0.15) is 5.01 Å². The van der Waals surface area contributed by atoms with Gasteiger partial charge in [0, 0.05) is 5.92 Å². The van der Waals surface area contributed by atoms with Gasteiger partial charge in [-0.15, -0.1) is 21.5 Å². The molecule has 3 rings (SSSR count). The maximum atomic E-state index is 4.54. The van der Waals surface area contributed by atoms with Crippen LogP contribution >= 0.6 is 22.7 Å². The summed E-state index contributed by atoms with van der Waals surface area (Å²) in [7, 11) is 0. The van der Waals surface area contributed by atoms with E-state index in [2.05, 4.69) is 29.1 Å². The predicted molar refractivity (Wildman–Crippen MR) is 66.1 cm³/mol. The van der Waals surface area contributed by atoms with Crippen molar-refractivity contribution in [3.63, 3.8) is 0 Å².